The van der Waals surface area contributed by atoms with Gasteiger partial charge >= 0.3 is 5.97 Å². The fraction of sp³-hybridized carbons (Fsp3) is 0.375. The molecule has 0 aromatic heterocycles. The van der Waals surface area contributed by atoms with Crippen molar-refractivity contribution in [2.75, 3.05) is 20.2 Å². The van der Waals surface area contributed by atoms with Crippen LogP contribution in [0.2, 0.25) is 0 Å². The second-order valence-corrected chi connectivity index (χ2v) is 4.69. The Bertz CT molecular complexity index is 525. The van der Waals surface area contributed by atoms with Crippen molar-refractivity contribution in [3.05, 3.63) is 35.9 Å². The van der Waals surface area contributed by atoms with E-state index in [9.17, 15) is 9.59 Å². The molecule has 5 heteroatoms. The van der Waals surface area contributed by atoms with Gasteiger partial charge in [0.15, 0.2) is 0 Å². The van der Waals surface area contributed by atoms with Crippen LogP contribution in [0.5, 0.6) is 5.75 Å². The van der Waals surface area contributed by atoms with E-state index in [0.717, 1.165) is 5.56 Å². The molecule has 114 valence electrons. The number of hydrogen-bond acceptors (Lipinski definition) is 3. The molecule has 1 aromatic rings. The van der Waals surface area contributed by atoms with Crippen LogP contribution in [-0.2, 0) is 9.59 Å². The van der Waals surface area contributed by atoms with Gasteiger partial charge in [-0.15, -0.1) is 0 Å². The zero-order valence-corrected chi connectivity index (χ0v) is 12.6. The highest BCUT2D eigenvalue weighted by atomic mass is 16.5. The minimum absolute atomic E-state index is 0.195. The van der Waals surface area contributed by atoms with Gasteiger partial charge in [-0.25, -0.2) is 0 Å². The minimum Gasteiger partial charge on any atom is -0.496 e. The number of rotatable bonds is 7. The van der Waals surface area contributed by atoms with Crippen molar-refractivity contribution in [3.63, 3.8) is 0 Å². The van der Waals surface area contributed by atoms with Crippen LogP contribution in [0, 0.1) is 5.92 Å². The normalized spacial score (nSPS) is 12.1. The number of ether oxygens (including phenoxy) is 1. The Morgan fingerprint density at radius 2 is 2.05 bits per heavy atom. The van der Waals surface area contributed by atoms with Crippen molar-refractivity contribution in [2.45, 2.75) is 13.8 Å². The molecule has 1 N–H and O–H groups in total. The number of aliphatic carboxylic acids is 1. The van der Waals surface area contributed by atoms with Gasteiger partial charge in [0, 0.05) is 24.7 Å². The highest BCUT2D eigenvalue weighted by Crippen LogP contribution is 2.18. The molecule has 21 heavy (non-hydrogen) atoms. The van der Waals surface area contributed by atoms with Crippen LogP contribution in [0.4, 0.5) is 0 Å². The largest absolute Gasteiger partial charge is 0.496 e. The van der Waals surface area contributed by atoms with E-state index >= 15 is 0 Å². The maximum absolute atomic E-state index is 12.1. The van der Waals surface area contributed by atoms with Gasteiger partial charge in [0.05, 0.1) is 13.0 Å². The maximum Gasteiger partial charge on any atom is 0.308 e. The van der Waals surface area contributed by atoms with Crippen molar-refractivity contribution in [2.24, 2.45) is 5.92 Å². The third-order valence-electron chi connectivity index (χ3n) is 3.15. The number of nitrogens with zero attached hydrogens (tertiary/aromatic N) is 1. The molecule has 0 aliphatic heterocycles. The minimum atomic E-state index is -0.907. The molecule has 1 atom stereocenters. The molecule has 1 amide bonds. The number of carbonyl (C=O) groups is 2. The highest BCUT2D eigenvalue weighted by molar-refractivity contribution is 5.92. The molecule has 1 aromatic carbocycles. The number of carbonyl (C=O) groups excluding carboxylic acids is 1. The molecule has 0 aliphatic carbocycles. The zero-order valence-electron chi connectivity index (χ0n) is 12.6. The van der Waals surface area contributed by atoms with Gasteiger partial charge in [-0.05, 0) is 19.1 Å². The highest BCUT2D eigenvalue weighted by Gasteiger charge is 2.17. The number of benzene rings is 1. The van der Waals surface area contributed by atoms with Crippen LogP contribution in [0.25, 0.3) is 6.08 Å². The quantitative estimate of drug-likeness (QED) is 0.783. The number of hydrogen-bond donors (Lipinski definition) is 1. The first kappa shape index (κ1) is 16.8. The summed E-state index contributed by atoms with van der Waals surface area (Å²) in [6, 6.07) is 7.37. The standard InChI is InChI=1S/C16H21NO4/c1-4-17(11-12(2)16(19)20)15(18)10-9-13-7-5-6-8-14(13)21-3/h5-10,12H,4,11H2,1-3H3,(H,19,20). The summed E-state index contributed by atoms with van der Waals surface area (Å²) in [5, 5.41) is 8.91. The molecule has 0 fully saturated rings. The lowest BCUT2D eigenvalue weighted by atomic mass is 10.1. The fourth-order valence-corrected chi connectivity index (χ4v) is 1.85. The molecular weight excluding hydrogens is 270 g/mol. The average Bonchev–Trinajstić information content (AvgIpc) is 2.49. The second kappa shape index (κ2) is 8.09. The van der Waals surface area contributed by atoms with E-state index in [0.29, 0.717) is 12.3 Å². The van der Waals surface area contributed by atoms with Gasteiger partial charge in [0.25, 0.3) is 0 Å². The molecule has 0 spiro atoms. The molecular formula is C16H21NO4. The van der Waals surface area contributed by atoms with Crippen LogP contribution in [0.15, 0.2) is 30.3 Å². The van der Waals surface area contributed by atoms with E-state index in [1.807, 2.05) is 31.2 Å². The predicted octanol–water partition coefficient (Wildman–Crippen LogP) is 2.28. The Balaban J connectivity index is 2.77. The Morgan fingerprint density at radius 3 is 2.62 bits per heavy atom. The summed E-state index contributed by atoms with van der Waals surface area (Å²) < 4.78 is 5.21. The number of carboxylic acid groups (broad SMARTS) is 1. The number of carboxylic acids is 1. The Kier molecular flexibility index (Phi) is 6.46. The topological polar surface area (TPSA) is 66.8 Å². The first-order valence-corrected chi connectivity index (χ1v) is 6.82. The summed E-state index contributed by atoms with van der Waals surface area (Å²) in [6.45, 7) is 4.07. The van der Waals surface area contributed by atoms with Crippen LogP contribution in [0.3, 0.4) is 0 Å². The van der Waals surface area contributed by atoms with E-state index < -0.39 is 11.9 Å². The molecule has 0 saturated heterocycles. The monoisotopic (exact) mass is 291 g/mol. The predicted molar refractivity (Wildman–Crippen MR) is 81.1 cm³/mol. The zero-order chi connectivity index (χ0) is 15.8. The first-order chi connectivity index (χ1) is 9.99. The summed E-state index contributed by atoms with van der Waals surface area (Å²) in [4.78, 5) is 24.5. The van der Waals surface area contributed by atoms with Gasteiger partial charge in [0.2, 0.25) is 5.91 Å². The lowest BCUT2D eigenvalue weighted by molar-refractivity contribution is -0.142. The molecule has 5 nitrogen and oxygen atoms in total. The first-order valence-electron chi connectivity index (χ1n) is 6.82. The Morgan fingerprint density at radius 1 is 1.38 bits per heavy atom. The van der Waals surface area contributed by atoms with Crippen molar-refractivity contribution >= 4 is 18.0 Å². The Hall–Kier alpha value is -2.30. The van der Waals surface area contributed by atoms with Crippen molar-refractivity contribution in [1.82, 2.24) is 4.90 Å². The van der Waals surface area contributed by atoms with Gasteiger partial charge in [0.1, 0.15) is 5.75 Å². The van der Waals surface area contributed by atoms with Crippen LogP contribution >= 0.6 is 0 Å². The van der Waals surface area contributed by atoms with E-state index in [2.05, 4.69) is 0 Å². The SMILES string of the molecule is CCN(CC(C)C(=O)O)C(=O)C=Cc1ccccc1OC. The van der Waals surface area contributed by atoms with Gasteiger partial charge in [-0.3, -0.25) is 9.59 Å². The maximum atomic E-state index is 12.1. The number of likely N-dealkylation sites (N-methyl/N-ethyl adjacent to an activating group) is 1. The lowest BCUT2D eigenvalue weighted by Gasteiger charge is -2.21. The number of amides is 1. The van der Waals surface area contributed by atoms with Gasteiger partial charge in [-0.1, -0.05) is 25.1 Å². The third-order valence-corrected chi connectivity index (χ3v) is 3.15. The van der Waals surface area contributed by atoms with Gasteiger partial charge < -0.3 is 14.7 Å². The lowest BCUT2D eigenvalue weighted by Crippen LogP contribution is -2.35. The van der Waals surface area contributed by atoms with Crippen LogP contribution in [-0.4, -0.2) is 42.1 Å². The molecule has 0 bridgehead atoms. The van der Waals surface area contributed by atoms with E-state index in [4.69, 9.17) is 9.84 Å². The summed E-state index contributed by atoms with van der Waals surface area (Å²) in [5.41, 5.74) is 0.802. The smallest absolute Gasteiger partial charge is 0.308 e. The summed E-state index contributed by atoms with van der Waals surface area (Å²) >= 11 is 0. The van der Waals surface area contributed by atoms with Gasteiger partial charge in [-0.2, -0.15) is 0 Å². The Labute approximate surface area is 124 Å². The van der Waals surface area contributed by atoms with E-state index in [1.54, 1.807) is 20.1 Å². The van der Waals surface area contributed by atoms with Crippen molar-refractivity contribution in [1.29, 1.82) is 0 Å². The molecule has 0 saturated carbocycles. The average molecular weight is 291 g/mol. The van der Waals surface area contributed by atoms with Crippen molar-refractivity contribution < 1.29 is 19.4 Å². The second-order valence-electron chi connectivity index (χ2n) is 4.69. The molecule has 1 rings (SSSR count). The fourth-order valence-electron chi connectivity index (χ4n) is 1.85. The van der Waals surface area contributed by atoms with Crippen LogP contribution in [0.1, 0.15) is 19.4 Å². The number of methoxy groups -OCH3 is 1. The molecule has 0 heterocycles. The summed E-state index contributed by atoms with van der Waals surface area (Å²) in [6.07, 6.45) is 3.12. The molecule has 1 unspecified atom stereocenters. The van der Waals surface area contributed by atoms with E-state index in [-0.39, 0.29) is 12.5 Å². The third kappa shape index (κ3) is 4.95. The summed E-state index contributed by atoms with van der Waals surface area (Å²) in [7, 11) is 1.57. The number of para-hydroxylation sites is 1. The van der Waals surface area contributed by atoms with Crippen molar-refractivity contribution in [3.8, 4) is 5.75 Å². The molecule has 0 radical (unpaired) electrons. The van der Waals surface area contributed by atoms with Crippen LogP contribution < -0.4 is 4.74 Å². The van der Waals surface area contributed by atoms with E-state index in [1.165, 1.54) is 11.0 Å². The molecule has 0 aliphatic rings. The summed E-state index contributed by atoms with van der Waals surface area (Å²) in [5.74, 6) is -1.02.